The molecule has 1 fully saturated rings. The Morgan fingerprint density at radius 1 is 1.41 bits per heavy atom. The second kappa shape index (κ2) is 5.74. The topological polar surface area (TPSA) is 29.3 Å². The molecular formula is C14H21ClN2. The highest BCUT2D eigenvalue weighted by Crippen LogP contribution is 2.31. The number of nitrogens with two attached hydrogens (primary N) is 1. The summed E-state index contributed by atoms with van der Waals surface area (Å²) >= 11 is 6.23. The first-order chi connectivity index (χ1) is 8.22. The molecule has 0 amide bonds. The number of unbranched alkanes of at least 4 members (excludes halogenated alkanes) is 1. The van der Waals surface area contributed by atoms with Gasteiger partial charge in [-0.2, -0.15) is 0 Å². The fourth-order valence-electron chi connectivity index (χ4n) is 2.14. The molecule has 0 aromatic heterocycles. The van der Waals surface area contributed by atoms with Crippen LogP contribution in [0.3, 0.4) is 0 Å². The average molecular weight is 253 g/mol. The maximum atomic E-state index is 6.23. The van der Waals surface area contributed by atoms with Crippen molar-refractivity contribution in [2.45, 2.75) is 45.2 Å². The second-order valence-electron chi connectivity index (χ2n) is 4.86. The van der Waals surface area contributed by atoms with Gasteiger partial charge in [0.15, 0.2) is 0 Å². The first-order valence-corrected chi connectivity index (χ1v) is 6.87. The van der Waals surface area contributed by atoms with Crippen molar-refractivity contribution in [1.29, 1.82) is 0 Å². The van der Waals surface area contributed by atoms with Crippen LogP contribution in [0.5, 0.6) is 0 Å². The zero-order valence-electron chi connectivity index (χ0n) is 10.5. The lowest BCUT2D eigenvalue weighted by atomic mass is 10.1. The van der Waals surface area contributed by atoms with E-state index in [0.29, 0.717) is 0 Å². The molecule has 0 saturated heterocycles. The molecule has 2 nitrogen and oxygen atoms in total. The predicted octanol–water partition coefficient (Wildman–Crippen LogP) is 3.69. The number of halogens is 1. The third kappa shape index (κ3) is 3.36. The summed E-state index contributed by atoms with van der Waals surface area (Å²) in [5, 5.41) is 0.798. The Kier molecular flexibility index (Phi) is 4.30. The predicted molar refractivity (Wildman–Crippen MR) is 74.2 cm³/mol. The lowest BCUT2D eigenvalue weighted by Crippen LogP contribution is -2.27. The molecule has 0 aliphatic heterocycles. The van der Waals surface area contributed by atoms with E-state index in [0.717, 1.165) is 35.4 Å². The Morgan fingerprint density at radius 2 is 2.18 bits per heavy atom. The summed E-state index contributed by atoms with van der Waals surface area (Å²) in [5.74, 6) is 0. The summed E-state index contributed by atoms with van der Waals surface area (Å²) in [6, 6.07) is 6.54. The van der Waals surface area contributed by atoms with Crippen LogP contribution in [-0.2, 0) is 6.54 Å². The molecule has 1 aliphatic carbocycles. The van der Waals surface area contributed by atoms with E-state index in [9.17, 15) is 0 Å². The number of nitrogen functional groups attached to an aromatic ring is 1. The van der Waals surface area contributed by atoms with Gasteiger partial charge in [-0.15, -0.1) is 0 Å². The lowest BCUT2D eigenvalue weighted by Gasteiger charge is -2.23. The molecule has 2 N–H and O–H groups in total. The van der Waals surface area contributed by atoms with Crippen LogP contribution in [0.1, 0.15) is 38.2 Å². The number of hydrogen-bond acceptors (Lipinski definition) is 2. The third-order valence-corrected chi connectivity index (χ3v) is 3.73. The average Bonchev–Trinajstić information content (AvgIpc) is 3.12. The molecule has 3 heteroatoms. The fourth-order valence-corrected chi connectivity index (χ4v) is 2.38. The van der Waals surface area contributed by atoms with Gasteiger partial charge in [0.05, 0.1) is 0 Å². The van der Waals surface area contributed by atoms with Gasteiger partial charge in [0.2, 0.25) is 0 Å². The number of benzene rings is 1. The van der Waals surface area contributed by atoms with Crippen molar-refractivity contribution in [3.8, 4) is 0 Å². The molecule has 0 spiro atoms. The minimum atomic E-state index is 0.761. The Hall–Kier alpha value is -0.730. The maximum absolute atomic E-state index is 6.23. The second-order valence-corrected chi connectivity index (χ2v) is 5.27. The van der Waals surface area contributed by atoms with Gasteiger partial charge in [-0.1, -0.05) is 31.0 Å². The smallest absolute Gasteiger partial charge is 0.0471 e. The van der Waals surface area contributed by atoms with E-state index in [1.807, 2.05) is 18.2 Å². The Labute approximate surface area is 109 Å². The number of nitrogens with zero attached hydrogens (tertiary/aromatic N) is 1. The highest BCUT2D eigenvalue weighted by Gasteiger charge is 2.29. The highest BCUT2D eigenvalue weighted by molar-refractivity contribution is 6.31. The van der Waals surface area contributed by atoms with E-state index in [-0.39, 0.29) is 0 Å². The highest BCUT2D eigenvalue weighted by atomic mass is 35.5. The van der Waals surface area contributed by atoms with Crippen molar-refractivity contribution in [3.05, 3.63) is 28.8 Å². The first kappa shape index (κ1) is 12.7. The zero-order chi connectivity index (χ0) is 12.3. The van der Waals surface area contributed by atoms with Gasteiger partial charge in [0.1, 0.15) is 0 Å². The van der Waals surface area contributed by atoms with Crippen LogP contribution in [-0.4, -0.2) is 17.5 Å². The van der Waals surface area contributed by atoms with Crippen molar-refractivity contribution < 1.29 is 0 Å². The van der Waals surface area contributed by atoms with E-state index >= 15 is 0 Å². The minimum absolute atomic E-state index is 0.761. The van der Waals surface area contributed by atoms with Crippen molar-refractivity contribution in [2.24, 2.45) is 0 Å². The number of hydrogen-bond donors (Lipinski definition) is 1. The molecule has 1 aliphatic rings. The largest absolute Gasteiger partial charge is 0.398 e. The van der Waals surface area contributed by atoms with Crippen LogP contribution in [0, 0.1) is 0 Å². The van der Waals surface area contributed by atoms with Crippen molar-refractivity contribution >= 4 is 17.3 Å². The standard InChI is InChI=1S/C14H21ClN2/c1-2-3-9-17(11-7-8-11)10-12-13(15)5-4-6-14(12)16/h4-6,11H,2-3,7-10,16H2,1H3. The quantitative estimate of drug-likeness (QED) is 0.783. The van der Waals surface area contributed by atoms with Crippen molar-refractivity contribution in [2.75, 3.05) is 12.3 Å². The Bertz CT molecular complexity index is 354. The summed E-state index contributed by atoms with van der Waals surface area (Å²) in [4.78, 5) is 2.53. The van der Waals surface area contributed by atoms with Gasteiger partial charge in [0.25, 0.3) is 0 Å². The molecule has 2 rings (SSSR count). The molecule has 17 heavy (non-hydrogen) atoms. The number of anilines is 1. The van der Waals surface area contributed by atoms with Crippen LogP contribution >= 0.6 is 11.6 Å². The minimum Gasteiger partial charge on any atom is -0.398 e. The van der Waals surface area contributed by atoms with Crippen LogP contribution in [0.4, 0.5) is 5.69 Å². The molecule has 1 saturated carbocycles. The maximum Gasteiger partial charge on any atom is 0.0471 e. The van der Waals surface area contributed by atoms with E-state index in [2.05, 4.69) is 11.8 Å². The molecular weight excluding hydrogens is 232 g/mol. The fraction of sp³-hybridized carbons (Fsp3) is 0.571. The van der Waals surface area contributed by atoms with Gasteiger partial charge < -0.3 is 5.73 Å². The lowest BCUT2D eigenvalue weighted by molar-refractivity contribution is 0.251. The molecule has 0 radical (unpaired) electrons. The summed E-state index contributed by atoms with van der Waals surface area (Å²) in [6.07, 6.45) is 5.14. The van der Waals surface area contributed by atoms with Gasteiger partial charge >= 0.3 is 0 Å². The third-order valence-electron chi connectivity index (χ3n) is 3.38. The monoisotopic (exact) mass is 252 g/mol. The van der Waals surface area contributed by atoms with Crippen molar-refractivity contribution in [3.63, 3.8) is 0 Å². The molecule has 0 bridgehead atoms. The van der Waals surface area contributed by atoms with Crippen LogP contribution < -0.4 is 5.73 Å². The van der Waals surface area contributed by atoms with Gasteiger partial charge in [-0.3, -0.25) is 4.90 Å². The summed E-state index contributed by atoms with van der Waals surface area (Å²) in [6.45, 7) is 4.29. The summed E-state index contributed by atoms with van der Waals surface area (Å²) < 4.78 is 0. The molecule has 0 atom stereocenters. The van der Waals surface area contributed by atoms with E-state index in [1.165, 1.54) is 25.7 Å². The molecule has 0 unspecified atom stereocenters. The SMILES string of the molecule is CCCCN(Cc1c(N)cccc1Cl)C1CC1. The Morgan fingerprint density at radius 3 is 2.76 bits per heavy atom. The zero-order valence-corrected chi connectivity index (χ0v) is 11.2. The van der Waals surface area contributed by atoms with E-state index in [1.54, 1.807) is 0 Å². The Balaban J connectivity index is 2.06. The van der Waals surface area contributed by atoms with E-state index < -0.39 is 0 Å². The van der Waals surface area contributed by atoms with Crippen LogP contribution in [0.25, 0.3) is 0 Å². The van der Waals surface area contributed by atoms with Gasteiger partial charge in [0, 0.05) is 28.9 Å². The van der Waals surface area contributed by atoms with Crippen molar-refractivity contribution in [1.82, 2.24) is 4.90 Å². The molecule has 0 heterocycles. The van der Waals surface area contributed by atoms with Crippen LogP contribution in [0.15, 0.2) is 18.2 Å². The van der Waals surface area contributed by atoms with E-state index in [4.69, 9.17) is 17.3 Å². The summed E-state index contributed by atoms with van der Waals surface area (Å²) in [7, 11) is 0. The van der Waals surface area contributed by atoms with Crippen LogP contribution in [0.2, 0.25) is 5.02 Å². The van der Waals surface area contributed by atoms with Gasteiger partial charge in [-0.05, 0) is 37.9 Å². The normalized spacial score (nSPS) is 15.5. The summed E-state index contributed by atoms with van der Waals surface area (Å²) in [5.41, 5.74) is 7.92. The first-order valence-electron chi connectivity index (χ1n) is 6.49. The van der Waals surface area contributed by atoms with Gasteiger partial charge in [-0.25, -0.2) is 0 Å². The molecule has 1 aromatic carbocycles. The molecule has 94 valence electrons. The number of rotatable bonds is 6. The molecule has 1 aromatic rings.